The monoisotopic (exact) mass is 828 g/mol. The van der Waals surface area contributed by atoms with Crippen molar-refractivity contribution in [3.8, 4) is 34.3 Å². The molecule has 0 radical (unpaired) electrons. The van der Waals surface area contributed by atoms with Crippen LogP contribution < -0.4 is 19.6 Å². The Morgan fingerprint density at radius 1 is 0.607 bits per heavy atom. The number of benzene rings is 5. The molecule has 61 heavy (non-hydrogen) atoms. The average molecular weight is 829 g/mol. The van der Waals surface area contributed by atoms with Crippen molar-refractivity contribution in [2.75, 3.05) is 0 Å². The molecule has 15 heteroatoms. The third-order valence-corrected chi connectivity index (χ3v) is 9.25. The number of hydrogen-bond acceptors (Lipinski definition) is 15. The van der Waals surface area contributed by atoms with Crippen molar-refractivity contribution < 1.29 is 66.7 Å². The molecule has 0 amide bonds. The molecule has 0 saturated carbocycles. The van der Waals surface area contributed by atoms with E-state index in [-0.39, 0.29) is 50.5 Å². The minimum atomic E-state index is -1.81. The maximum atomic E-state index is 14.7. The smallest absolute Gasteiger partial charge is 0.338 e. The highest BCUT2D eigenvalue weighted by Crippen LogP contribution is 2.39. The van der Waals surface area contributed by atoms with Crippen LogP contribution >= 0.6 is 0 Å². The molecule has 1 fully saturated rings. The molecule has 5 aromatic carbocycles. The number of rotatable bonds is 11. The van der Waals surface area contributed by atoms with Crippen LogP contribution in [0.5, 0.6) is 23.0 Å². The van der Waals surface area contributed by atoms with Crippen molar-refractivity contribution in [1.29, 1.82) is 0 Å². The van der Waals surface area contributed by atoms with E-state index in [1.807, 2.05) is 0 Å². The summed E-state index contributed by atoms with van der Waals surface area (Å²) in [4.78, 5) is 79.8. The largest absolute Gasteiger partial charge is 0.508 e. The van der Waals surface area contributed by atoms with Crippen LogP contribution in [-0.2, 0) is 28.5 Å². The average Bonchev–Trinajstić information content (AvgIpc) is 3.24. The molecule has 7 rings (SSSR count). The Morgan fingerprint density at radius 3 is 1.61 bits per heavy atom. The van der Waals surface area contributed by atoms with E-state index >= 15 is 0 Å². The first-order valence-electron chi connectivity index (χ1n) is 18.8. The van der Waals surface area contributed by atoms with Crippen LogP contribution in [0.25, 0.3) is 22.3 Å². The fraction of sp³-hybridized carbons (Fsp3) is 0.174. The Hall–Kier alpha value is -7.78. The van der Waals surface area contributed by atoms with Gasteiger partial charge in [-0.05, 0) is 67.6 Å². The van der Waals surface area contributed by atoms with E-state index < -0.39 is 77.5 Å². The molecule has 0 aliphatic carbocycles. The minimum Gasteiger partial charge on any atom is -0.508 e. The van der Waals surface area contributed by atoms with Gasteiger partial charge in [0.05, 0.1) is 22.8 Å². The molecule has 2 heterocycles. The molecule has 6 aromatic rings. The summed E-state index contributed by atoms with van der Waals surface area (Å²) in [6.45, 7) is 3.81. The molecule has 310 valence electrons. The number of phenolic OH excluding ortho intramolecular Hbond substituents is 1. The summed E-state index contributed by atoms with van der Waals surface area (Å²) in [7, 11) is 0. The van der Waals surface area contributed by atoms with E-state index in [4.69, 9.17) is 37.6 Å². The molecule has 1 aromatic heterocycles. The quantitative estimate of drug-likeness (QED) is 0.0810. The second-order valence-corrected chi connectivity index (χ2v) is 13.7. The van der Waals surface area contributed by atoms with Gasteiger partial charge in [0.15, 0.2) is 18.0 Å². The van der Waals surface area contributed by atoms with E-state index in [1.165, 1.54) is 74.5 Å². The maximum Gasteiger partial charge on any atom is 0.338 e. The van der Waals surface area contributed by atoms with Gasteiger partial charge in [0.25, 0.3) is 0 Å². The van der Waals surface area contributed by atoms with E-state index in [0.29, 0.717) is 0 Å². The third-order valence-electron chi connectivity index (χ3n) is 9.25. The molecular formula is C46H36O15. The van der Waals surface area contributed by atoms with Crippen LogP contribution in [0.3, 0.4) is 0 Å². The van der Waals surface area contributed by atoms with Crippen LogP contribution in [0.2, 0.25) is 0 Å². The van der Waals surface area contributed by atoms with Gasteiger partial charge in [-0.1, -0.05) is 54.6 Å². The number of carbonyl (C=O) groups excluding carboxylic acids is 5. The summed E-state index contributed by atoms with van der Waals surface area (Å²) < 4.78 is 47.5. The molecule has 15 nitrogen and oxygen atoms in total. The summed E-state index contributed by atoms with van der Waals surface area (Å²) in [5.41, 5.74) is -0.624. The van der Waals surface area contributed by atoms with Crippen LogP contribution in [0.4, 0.5) is 0 Å². The number of fused-ring (bicyclic) bond motifs is 1. The van der Waals surface area contributed by atoms with Gasteiger partial charge in [-0.15, -0.1) is 0 Å². The van der Waals surface area contributed by atoms with Crippen molar-refractivity contribution in [1.82, 2.24) is 0 Å². The Bertz CT molecular complexity index is 2640. The second kappa shape index (κ2) is 18.0. The van der Waals surface area contributed by atoms with Crippen LogP contribution in [0, 0.1) is 0 Å². The number of phenols is 1. The molecule has 0 bridgehead atoms. The number of ether oxygens (including phenoxy) is 7. The van der Waals surface area contributed by atoms with Crippen molar-refractivity contribution >= 4 is 40.8 Å². The molecule has 1 N–H and O–H groups in total. The van der Waals surface area contributed by atoms with Crippen molar-refractivity contribution in [2.24, 2.45) is 0 Å². The van der Waals surface area contributed by atoms with Gasteiger partial charge in [0.2, 0.25) is 23.6 Å². The molecule has 5 atom stereocenters. The summed E-state index contributed by atoms with van der Waals surface area (Å²) in [6.07, 6.45) is -7.84. The lowest BCUT2D eigenvalue weighted by Gasteiger charge is -2.43. The first-order chi connectivity index (χ1) is 29.4. The van der Waals surface area contributed by atoms with E-state index in [1.54, 1.807) is 54.6 Å². The lowest BCUT2D eigenvalue weighted by molar-refractivity contribution is -0.266. The number of esters is 5. The van der Waals surface area contributed by atoms with E-state index in [2.05, 4.69) is 0 Å². The van der Waals surface area contributed by atoms with Gasteiger partial charge in [0, 0.05) is 31.5 Å². The van der Waals surface area contributed by atoms with E-state index in [0.717, 1.165) is 19.1 Å². The fourth-order valence-corrected chi connectivity index (χ4v) is 6.53. The predicted octanol–water partition coefficient (Wildman–Crippen LogP) is 6.82. The minimum absolute atomic E-state index is 0.0791. The van der Waals surface area contributed by atoms with Crippen LogP contribution in [0.15, 0.2) is 137 Å². The molecule has 1 aliphatic heterocycles. The van der Waals surface area contributed by atoms with Gasteiger partial charge in [0.1, 0.15) is 28.2 Å². The van der Waals surface area contributed by atoms with E-state index in [9.17, 15) is 33.9 Å². The Labute approximate surface area is 346 Å². The lowest BCUT2D eigenvalue weighted by Crippen LogP contribution is -2.62. The summed E-state index contributed by atoms with van der Waals surface area (Å²) >= 11 is 0. The number of aromatic hydroxyl groups is 1. The zero-order valence-corrected chi connectivity index (χ0v) is 32.7. The molecule has 1 aliphatic rings. The maximum absolute atomic E-state index is 14.7. The first-order valence-corrected chi connectivity index (χ1v) is 18.8. The van der Waals surface area contributed by atoms with Crippen molar-refractivity contribution in [2.45, 2.75) is 51.5 Å². The summed E-state index contributed by atoms with van der Waals surface area (Å²) in [5, 5.41) is 10.2. The third kappa shape index (κ3) is 9.42. The van der Waals surface area contributed by atoms with Gasteiger partial charge < -0.3 is 42.7 Å². The molecular weight excluding hydrogens is 792 g/mol. The SMILES string of the molecule is CC(=O)Oc1ccc(-c2oc3cc(O)cc(OC(C)=O)c3c(=O)c2O[C@@H]2O[C@@H](C)[C@H](OC(=O)c3ccccc3)[C@@H](OC(=O)c3ccccc3)[C@H]2OC(=O)c2ccccc2)cc1. The predicted molar refractivity (Wildman–Crippen MR) is 214 cm³/mol. The van der Waals surface area contributed by atoms with Crippen LogP contribution in [0.1, 0.15) is 51.8 Å². The highest BCUT2D eigenvalue weighted by molar-refractivity contribution is 5.92. The lowest BCUT2D eigenvalue weighted by atomic mass is 9.98. The zero-order valence-electron chi connectivity index (χ0n) is 32.7. The van der Waals surface area contributed by atoms with Gasteiger partial charge in [-0.2, -0.15) is 0 Å². The Morgan fingerprint density at radius 2 is 1.10 bits per heavy atom. The van der Waals surface area contributed by atoms with Gasteiger partial charge in [-0.3, -0.25) is 14.4 Å². The highest BCUT2D eigenvalue weighted by atomic mass is 16.7. The Kier molecular flexibility index (Phi) is 12.2. The standard InChI is InChI=1S/C46H36O15/c1-25-38(58-43(51)29-13-7-4-8-14-29)41(59-44(52)30-15-9-5-10-16-30)42(60-45(53)31-17-11-6-12-18-31)46(54-25)61-40-37(50)36-34(56-27(3)48)23-32(49)24-35(36)57-39(40)28-19-21-33(22-20-28)55-26(2)47/h4-25,38,41-42,46,49H,1-3H3/t25-,38-,41+,42+,46-/m0/s1. The van der Waals surface area contributed by atoms with Gasteiger partial charge >= 0.3 is 29.8 Å². The fourth-order valence-electron chi connectivity index (χ4n) is 6.53. The van der Waals surface area contributed by atoms with Crippen LogP contribution in [-0.4, -0.2) is 65.7 Å². The summed E-state index contributed by atoms with van der Waals surface area (Å²) in [6, 6.07) is 31.6. The number of hydrogen-bond donors (Lipinski definition) is 1. The first kappa shape index (κ1) is 41.4. The van der Waals surface area contributed by atoms with Gasteiger partial charge in [-0.25, -0.2) is 14.4 Å². The Balaban J connectivity index is 1.39. The normalized spacial score (nSPS) is 18.3. The molecule has 1 saturated heterocycles. The molecule has 0 unspecified atom stereocenters. The topological polar surface area (TPSA) is 200 Å². The number of carbonyl (C=O) groups is 5. The summed E-state index contributed by atoms with van der Waals surface area (Å²) in [5.74, 6) is -5.48. The second-order valence-electron chi connectivity index (χ2n) is 13.7. The van der Waals surface area contributed by atoms with Crippen molar-refractivity contribution in [3.05, 3.63) is 154 Å². The molecule has 0 spiro atoms. The highest BCUT2D eigenvalue weighted by Gasteiger charge is 2.53. The zero-order chi connectivity index (χ0) is 43.2. The van der Waals surface area contributed by atoms with Crippen molar-refractivity contribution in [3.63, 3.8) is 0 Å².